The molecule has 19 heavy (non-hydrogen) atoms. The van der Waals surface area contributed by atoms with Crippen LogP contribution >= 0.6 is 11.8 Å². The van der Waals surface area contributed by atoms with Crippen molar-refractivity contribution >= 4 is 11.8 Å². The van der Waals surface area contributed by atoms with E-state index in [4.69, 9.17) is 0 Å². The molecule has 0 saturated heterocycles. The number of nitrogens with one attached hydrogen (secondary N) is 1. The van der Waals surface area contributed by atoms with Crippen molar-refractivity contribution in [3.05, 3.63) is 35.4 Å². The summed E-state index contributed by atoms with van der Waals surface area (Å²) in [5, 5.41) is 13.0. The summed E-state index contributed by atoms with van der Waals surface area (Å²) in [7, 11) is 0. The third-order valence-corrected chi connectivity index (χ3v) is 3.82. The molecule has 0 fully saturated rings. The SMILES string of the molecule is CCSCCC(C)NCC(O)c1c(F)cccc1F. The van der Waals surface area contributed by atoms with Crippen molar-refractivity contribution in [2.24, 2.45) is 0 Å². The van der Waals surface area contributed by atoms with Gasteiger partial charge in [-0.1, -0.05) is 13.0 Å². The normalized spacial score (nSPS) is 14.4. The van der Waals surface area contributed by atoms with E-state index >= 15 is 0 Å². The zero-order chi connectivity index (χ0) is 14.3. The molecule has 0 aliphatic carbocycles. The molecule has 0 aliphatic heterocycles. The first kappa shape index (κ1) is 16.4. The van der Waals surface area contributed by atoms with Gasteiger partial charge in [0.05, 0.1) is 11.7 Å². The van der Waals surface area contributed by atoms with E-state index in [9.17, 15) is 13.9 Å². The lowest BCUT2D eigenvalue weighted by Crippen LogP contribution is -2.31. The number of thioether (sulfide) groups is 1. The summed E-state index contributed by atoms with van der Waals surface area (Å²) in [6.07, 6.45) is -0.201. The van der Waals surface area contributed by atoms with Crippen molar-refractivity contribution in [3.63, 3.8) is 0 Å². The maximum atomic E-state index is 13.4. The van der Waals surface area contributed by atoms with Crippen LogP contribution in [0.25, 0.3) is 0 Å². The summed E-state index contributed by atoms with van der Waals surface area (Å²) in [5.74, 6) is 0.705. The van der Waals surface area contributed by atoms with E-state index in [0.717, 1.165) is 30.1 Å². The van der Waals surface area contributed by atoms with E-state index in [1.807, 2.05) is 18.7 Å². The van der Waals surface area contributed by atoms with Gasteiger partial charge in [-0.05, 0) is 37.0 Å². The Morgan fingerprint density at radius 3 is 2.53 bits per heavy atom. The Labute approximate surface area is 117 Å². The van der Waals surface area contributed by atoms with Crippen LogP contribution in [0.2, 0.25) is 0 Å². The van der Waals surface area contributed by atoms with Gasteiger partial charge < -0.3 is 10.4 Å². The van der Waals surface area contributed by atoms with Crippen LogP contribution in [0.4, 0.5) is 8.78 Å². The molecule has 108 valence electrons. The van der Waals surface area contributed by atoms with Gasteiger partial charge in [0.2, 0.25) is 0 Å². The Bertz CT molecular complexity index is 369. The number of hydrogen-bond acceptors (Lipinski definition) is 3. The Morgan fingerprint density at radius 2 is 1.95 bits per heavy atom. The molecule has 0 bridgehead atoms. The molecule has 0 amide bonds. The molecule has 0 saturated carbocycles. The highest BCUT2D eigenvalue weighted by Gasteiger charge is 2.17. The Morgan fingerprint density at radius 1 is 1.32 bits per heavy atom. The number of halogens is 2. The van der Waals surface area contributed by atoms with Gasteiger partial charge >= 0.3 is 0 Å². The molecule has 2 atom stereocenters. The number of aliphatic hydroxyl groups excluding tert-OH is 1. The largest absolute Gasteiger partial charge is 0.387 e. The van der Waals surface area contributed by atoms with Gasteiger partial charge in [-0.25, -0.2) is 8.78 Å². The highest BCUT2D eigenvalue weighted by molar-refractivity contribution is 7.99. The summed E-state index contributed by atoms with van der Waals surface area (Å²) >= 11 is 1.85. The minimum absolute atomic E-state index is 0.149. The van der Waals surface area contributed by atoms with E-state index in [2.05, 4.69) is 12.2 Å². The minimum atomic E-state index is -1.16. The summed E-state index contributed by atoms with van der Waals surface area (Å²) in [4.78, 5) is 0. The monoisotopic (exact) mass is 289 g/mol. The van der Waals surface area contributed by atoms with Gasteiger partial charge in [-0.2, -0.15) is 11.8 Å². The lowest BCUT2D eigenvalue weighted by atomic mass is 10.1. The third-order valence-electron chi connectivity index (χ3n) is 2.89. The summed E-state index contributed by atoms with van der Waals surface area (Å²) in [6.45, 7) is 4.25. The molecule has 2 nitrogen and oxygen atoms in total. The van der Waals surface area contributed by atoms with Crippen molar-refractivity contribution in [3.8, 4) is 0 Å². The number of benzene rings is 1. The molecule has 1 aromatic carbocycles. The van der Waals surface area contributed by atoms with Crippen molar-refractivity contribution in [1.82, 2.24) is 5.32 Å². The molecule has 1 rings (SSSR count). The fraction of sp³-hybridized carbons (Fsp3) is 0.571. The fourth-order valence-corrected chi connectivity index (χ4v) is 2.56. The first-order valence-corrected chi connectivity index (χ1v) is 7.64. The number of aliphatic hydroxyl groups is 1. The van der Waals surface area contributed by atoms with Crippen molar-refractivity contribution in [2.75, 3.05) is 18.1 Å². The van der Waals surface area contributed by atoms with Crippen LogP contribution in [-0.4, -0.2) is 29.2 Å². The molecule has 0 spiro atoms. The molecule has 2 unspecified atom stereocenters. The van der Waals surface area contributed by atoms with Crippen LogP contribution in [0, 0.1) is 11.6 Å². The topological polar surface area (TPSA) is 32.3 Å². The average Bonchev–Trinajstić information content (AvgIpc) is 2.36. The maximum Gasteiger partial charge on any atom is 0.131 e. The van der Waals surface area contributed by atoms with Crippen molar-refractivity contribution in [1.29, 1.82) is 0 Å². The van der Waals surface area contributed by atoms with Gasteiger partial charge in [0.1, 0.15) is 11.6 Å². The number of rotatable bonds is 8. The lowest BCUT2D eigenvalue weighted by molar-refractivity contribution is 0.161. The molecular formula is C14H21F2NOS. The number of hydrogen-bond donors (Lipinski definition) is 2. The van der Waals surface area contributed by atoms with E-state index in [0.29, 0.717) is 0 Å². The molecule has 1 aromatic rings. The van der Waals surface area contributed by atoms with Crippen LogP contribution in [-0.2, 0) is 0 Å². The van der Waals surface area contributed by atoms with Crippen LogP contribution < -0.4 is 5.32 Å². The van der Waals surface area contributed by atoms with Gasteiger partial charge in [0, 0.05) is 12.6 Å². The first-order chi connectivity index (χ1) is 9.06. The van der Waals surface area contributed by atoms with E-state index in [-0.39, 0.29) is 18.2 Å². The molecular weight excluding hydrogens is 268 g/mol. The predicted octanol–water partition coefficient (Wildman–Crippen LogP) is 3.12. The molecule has 5 heteroatoms. The Hall–Kier alpha value is -0.650. The second-order valence-corrected chi connectivity index (χ2v) is 5.84. The van der Waals surface area contributed by atoms with Crippen molar-refractivity contribution < 1.29 is 13.9 Å². The average molecular weight is 289 g/mol. The van der Waals surface area contributed by atoms with E-state index in [1.54, 1.807) is 0 Å². The molecule has 0 radical (unpaired) electrons. The van der Waals surface area contributed by atoms with Crippen LogP contribution in [0.5, 0.6) is 0 Å². The molecule has 0 aliphatic rings. The lowest BCUT2D eigenvalue weighted by Gasteiger charge is -2.18. The van der Waals surface area contributed by atoms with Gasteiger partial charge in [0.15, 0.2) is 0 Å². The fourth-order valence-electron chi connectivity index (χ4n) is 1.75. The zero-order valence-electron chi connectivity index (χ0n) is 11.3. The highest BCUT2D eigenvalue weighted by atomic mass is 32.2. The highest BCUT2D eigenvalue weighted by Crippen LogP contribution is 2.20. The predicted molar refractivity (Wildman–Crippen MR) is 76.4 cm³/mol. The van der Waals surface area contributed by atoms with Crippen LogP contribution in [0.1, 0.15) is 31.9 Å². The van der Waals surface area contributed by atoms with Gasteiger partial charge in [0.25, 0.3) is 0 Å². The second kappa shape index (κ2) is 8.51. The van der Waals surface area contributed by atoms with E-state index in [1.165, 1.54) is 6.07 Å². The van der Waals surface area contributed by atoms with Crippen LogP contribution in [0.15, 0.2) is 18.2 Å². The molecule has 0 aromatic heterocycles. The summed E-state index contributed by atoms with van der Waals surface area (Å²) in [6, 6.07) is 3.81. The first-order valence-electron chi connectivity index (χ1n) is 6.49. The van der Waals surface area contributed by atoms with Crippen LogP contribution in [0.3, 0.4) is 0 Å². The summed E-state index contributed by atoms with van der Waals surface area (Å²) < 4.78 is 26.9. The quantitative estimate of drug-likeness (QED) is 0.721. The smallest absolute Gasteiger partial charge is 0.131 e. The van der Waals surface area contributed by atoms with Crippen molar-refractivity contribution in [2.45, 2.75) is 32.4 Å². The molecule has 0 heterocycles. The summed E-state index contributed by atoms with van der Waals surface area (Å²) in [5.41, 5.74) is -0.259. The standard InChI is InChI=1S/C14H21F2NOS/c1-3-19-8-7-10(2)17-9-13(18)14-11(15)5-4-6-12(14)16/h4-6,10,13,17-18H,3,7-9H2,1-2H3. The minimum Gasteiger partial charge on any atom is -0.387 e. The van der Waals surface area contributed by atoms with E-state index < -0.39 is 17.7 Å². The Kier molecular flexibility index (Phi) is 7.34. The van der Waals surface area contributed by atoms with Gasteiger partial charge in [-0.15, -0.1) is 0 Å². The Balaban J connectivity index is 2.44. The zero-order valence-corrected chi connectivity index (χ0v) is 12.1. The second-order valence-electron chi connectivity index (χ2n) is 4.45. The molecule has 2 N–H and O–H groups in total. The third kappa shape index (κ3) is 5.47. The maximum absolute atomic E-state index is 13.4. The van der Waals surface area contributed by atoms with Gasteiger partial charge in [-0.3, -0.25) is 0 Å².